The van der Waals surface area contributed by atoms with Crippen molar-refractivity contribution in [3.8, 4) is 0 Å². The number of aliphatic hydroxyl groups is 1. The summed E-state index contributed by atoms with van der Waals surface area (Å²) in [6.45, 7) is 36.4. The van der Waals surface area contributed by atoms with Crippen molar-refractivity contribution in [2.75, 3.05) is 19.7 Å². The van der Waals surface area contributed by atoms with Gasteiger partial charge >= 0.3 is 0 Å². The second-order valence-electron chi connectivity index (χ2n) is 41.2. The maximum absolute atomic E-state index is 14.6. The Balaban J connectivity index is 2.20. The van der Waals surface area contributed by atoms with Crippen molar-refractivity contribution < 1.29 is 115 Å². The summed E-state index contributed by atoms with van der Waals surface area (Å²) in [7, 11) is 0. The maximum atomic E-state index is 14.6. The number of benzene rings is 1. The molecule has 0 radical (unpaired) electrons. The normalized spacial score (nSPS) is 15.2. The topological polar surface area (TPSA) is 723 Å². The molecule has 26 N–H and O–H groups in total. The van der Waals surface area contributed by atoms with Crippen LogP contribution in [0, 0.1) is 17.8 Å². The quantitative estimate of drug-likeness (QED) is 0.0292. The highest BCUT2D eigenvalue weighted by Gasteiger charge is 2.48. The number of hydrogen-bond acceptors (Lipinski definition) is 24. The van der Waals surface area contributed by atoms with E-state index in [1.807, 2.05) is 0 Å². The summed E-state index contributed by atoms with van der Waals surface area (Å²) in [5.74, 6) is -21.0. The Bertz CT molecular complexity index is 4680. The number of primary amides is 3. The zero-order chi connectivity index (χ0) is 107. The Morgan fingerprint density at radius 2 is 0.698 bits per heavy atom. The predicted molar refractivity (Wildman–Crippen MR) is 508 cm³/mol. The van der Waals surface area contributed by atoms with Crippen LogP contribution in [0.25, 0.3) is 0 Å². The molecule has 1 aromatic carbocycles. The van der Waals surface area contributed by atoms with E-state index in [2.05, 4.69) is 101 Å². The first-order valence-electron chi connectivity index (χ1n) is 46.2. The second-order valence-corrected chi connectivity index (χ2v) is 41.2. The molecule has 780 valence electrons. The largest absolute Gasteiger partial charge is 0.394 e. The number of nitrogens with two attached hydrogens (primary N) is 3. The van der Waals surface area contributed by atoms with Crippen molar-refractivity contribution in [2.45, 2.75) is 368 Å². The molecule has 23 amide bonds. The van der Waals surface area contributed by atoms with E-state index in [1.165, 1.54) is 150 Å². The third kappa shape index (κ3) is 39.8. The van der Waals surface area contributed by atoms with E-state index in [0.29, 0.717) is 6.42 Å². The van der Waals surface area contributed by atoms with Crippen LogP contribution in [0.5, 0.6) is 0 Å². The molecule has 47 nitrogen and oxygen atoms in total. The molecule has 1 aliphatic heterocycles. The number of amides is 23. The lowest BCUT2D eigenvalue weighted by molar-refractivity contribution is -0.146. The molecule has 1 fully saturated rings. The Labute approximate surface area is 812 Å². The highest BCUT2D eigenvalue weighted by Crippen LogP contribution is 2.25. The minimum absolute atomic E-state index is 0.00598. The summed E-state index contributed by atoms with van der Waals surface area (Å²) in [4.78, 5) is 314. The lowest BCUT2D eigenvalue weighted by atomic mass is 9.96. The summed E-state index contributed by atoms with van der Waals surface area (Å²) in [6.07, 6.45) is -1.85. The Morgan fingerprint density at radius 3 is 1.09 bits per heavy atom. The van der Waals surface area contributed by atoms with E-state index < -0.39 is 291 Å². The molecule has 10 atom stereocenters. The van der Waals surface area contributed by atoms with Gasteiger partial charge in [0.2, 0.25) is 136 Å². The molecule has 1 saturated heterocycles. The van der Waals surface area contributed by atoms with Crippen LogP contribution in [0.2, 0.25) is 0 Å². The Morgan fingerprint density at radius 1 is 0.367 bits per heavy atom. The molecule has 0 saturated carbocycles. The van der Waals surface area contributed by atoms with Crippen molar-refractivity contribution in [3.05, 3.63) is 35.9 Å². The van der Waals surface area contributed by atoms with Gasteiger partial charge in [-0.05, 0) is 213 Å². The van der Waals surface area contributed by atoms with Crippen LogP contribution in [0.1, 0.15) is 257 Å². The van der Waals surface area contributed by atoms with Gasteiger partial charge in [-0.3, -0.25) is 110 Å². The Hall–Kier alpha value is -13.0. The summed E-state index contributed by atoms with van der Waals surface area (Å²) in [5, 5.41) is 58.4. The van der Waals surface area contributed by atoms with Gasteiger partial charge in [-0.1, -0.05) is 71.9 Å². The first kappa shape index (κ1) is 122. The van der Waals surface area contributed by atoms with Crippen LogP contribution in [-0.2, 0) is 117 Å². The average molecular weight is 1970 g/mol. The van der Waals surface area contributed by atoms with Gasteiger partial charge in [-0.2, -0.15) is 0 Å². The van der Waals surface area contributed by atoms with E-state index in [-0.39, 0.29) is 56.9 Å². The number of rotatable bonds is 55. The van der Waals surface area contributed by atoms with Crippen LogP contribution in [-0.4, -0.2) is 276 Å². The zero-order valence-corrected chi connectivity index (χ0v) is 85.3. The molecule has 0 bridgehead atoms. The minimum atomic E-state index is -1.92. The monoisotopic (exact) mass is 1960 g/mol. The van der Waals surface area contributed by atoms with Gasteiger partial charge in [-0.25, -0.2) is 0 Å². The number of likely N-dealkylation sites (tertiary alicyclic amines) is 1. The van der Waals surface area contributed by atoms with Crippen molar-refractivity contribution in [1.29, 1.82) is 0 Å². The maximum Gasteiger partial charge on any atom is 0.248 e. The first-order valence-corrected chi connectivity index (χ1v) is 46.2. The van der Waals surface area contributed by atoms with E-state index in [4.69, 9.17) is 17.2 Å². The highest BCUT2D eigenvalue weighted by molar-refractivity contribution is 6.05. The van der Waals surface area contributed by atoms with Gasteiger partial charge in [-0.15, -0.1) is 0 Å². The van der Waals surface area contributed by atoms with Crippen molar-refractivity contribution in [1.82, 2.24) is 106 Å². The third-order valence-electron chi connectivity index (χ3n) is 22.5. The van der Waals surface area contributed by atoms with Crippen molar-refractivity contribution in [3.63, 3.8) is 0 Å². The van der Waals surface area contributed by atoms with Gasteiger partial charge in [0.15, 0.2) is 0 Å². The summed E-state index contributed by atoms with van der Waals surface area (Å²) in [6, 6.07) is -4.42. The van der Waals surface area contributed by atoms with E-state index in [1.54, 1.807) is 71.9 Å². The average Bonchev–Trinajstić information content (AvgIpc) is 1.78. The van der Waals surface area contributed by atoms with Gasteiger partial charge in [0.1, 0.15) is 104 Å². The lowest BCUT2D eigenvalue weighted by Gasteiger charge is -2.36. The number of hydrogen-bond donors (Lipinski definition) is 23. The van der Waals surface area contributed by atoms with Crippen LogP contribution in [0.15, 0.2) is 30.3 Å². The fourth-order valence-corrected chi connectivity index (χ4v) is 13.9. The predicted octanol–water partition coefficient (Wildman–Crippen LogP) is -4.65. The number of nitrogens with zero attached hydrogens (tertiary/aromatic N) is 1. The van der Waals surface area contributed by atoms with E-state index in [9.17, 15) is 115 Å². The van der Waals surface area contributed by atoms with Gasteiger partial charge in [0.05, 0.1) is 19.2 Å². The molecule has 1 aliphatic rings. The lowest BCUT2D eigenvalue weighted by Crippen LogP contribution is -2.66. The second kappa shape index (κ2) is 51.6. The minimum Gasteiger partial charge on any atom is -0.394 e. The summed E-state index contributed by atoms with van der Waals surface area (Å²) >= 11 is 0. The number of nitrogens with one attached hydrogen (secondary N) is 19. The van der Waals surface area contributed by atoms with E-state index >= 15 is 0 Å². The molecule has 47 heteroatoms. The smallest absolute Gasteiger partial charge is 0.248 e. The van der Waals surface area contributed by atoms with Crippen LogP contribution in [0.3, 0.4) is 0 Å². The molecule has 2 rings (SSSR count). The Kier molecular flexibility index (Phi) is 45.3. The molecule has 1 heterocycles. The fraction of sp³-hybridized carbons (Fsp3) is 0.685. The first-order chi connectivity index (χ1) is 63.5. The molecule has 1 aromatic rings. The number of carbonyl (C=O) groups is 23. The van der Waals surface area contributed by atoms with Crippen molar-refractivity contribution >= 4 is 136 Å². The SMILES string of the molecule is CC(=O)NC(C)(C)C(=O)N[C@@H](C)C(=O)NC(C)(C)C(=O)N[C@@H](C)C(=O)NC(C)(C)C(=O)NC(C)(C)C(=O)N[C@@H](CCC(N)=O)C(=O)NC(C)(C)C(=O)N[C@@H](CC(C)C)C(=O)NC(C)(C)C(=O)NCC(=O)N[C@@H](CC(C)C)C(=O)NC(C)(C)C(=O)N1CCC[C@H]1C(=O)N[C@H](C(=O)NC(C)(C)C(=O)NC(C)(C)C(=O)N[C@@H](CCC(N)=O)C(=O)N[C@@H](CCC(N)=O)C(=O)NC(CO)Cc1ccccc1)C(C)C. The van der Waals surface area contributed by atoms with Crippen LogP contribution < -0.4 is 118 Å². The van der Waals surface area contributed by atoms with Crippen LogP contribution >= 0.6 is 0 Å². The molecule has 0 aliphatic carbocycles. The molecular formula is C92H153N23O24. The van der Waals surface area contributed by atoms with Crippen LogP contribution in [0.4, 0.5) is 0 Å². The summed E-state index contributed by atoms with van der Waals surface area (Å²) < 4.78 is 0. The fourth-order valence-electron chi connectivity index (χ4n) is 13.9. The standard InChI is InChI=1S/C92H153N23O24/c1-47(2)42-58(71(127)111-92(26,27)83(139)115-41-31-34-60(115)73(129)105-65(49(5)6)74(130)112-91(24,25)82(138)114-88(18,19)79(135)102-56(36-39-62(94)119)69(125)101-55(35-38-61(93)118)68(124)99-54(46-116)44-53-32-29-28-30-33-53)100-64(121)45-96-75(131)84(10,11)110-72(128)59(43-48(3)4)104-78(134)87(16,17)109-70(126)57(37-40-63(95)120)103-80(136)89(20,21)113-81(137)90(22,23)108-67(123)51(8)98-77(133)86(14,15)107-66(122)50(7)97-76(132)85(12,13)106-52(9)117/h28-30,32-33,47-51,54-60,65,116H,31,34-46H2,1-27H3,(H2,93,118)(H2,94,119)(H2,95,120)(H,96,131)(H,97,132)(H,98,133)(H,99,124)(H,100,121)(H,101,125)(H,102,135)(H,103,136)(H,104,134)(H,105,129)(H,106,117)(H,107,122)(H,108,123)(H,109,126)(H,110,128)(H,111,127)(H,112,130)(H,113,137)(H,114,138)/t50-,51-,54?,55-,56-,57-,58-,59-,60-,65-/m0/s1. The molecular weight excluding hydrogens is 1810 g/mol. The summed E-state index contributed by atoms with van der Waals surface area (Å²) in [5.41, 5.74) is 1.01. The number of carbonyl (C=O) groups excluding carboxylic acids is 23. The van der Waals surface area contributed by atoms with E-state index in [0.717, 1.165) is 5.56 Å². The van der Waals surface area contributed by atoms with Gasteiger partial charge in [0.25, 0.3) is 0 Å². The third-order valence-corrected chi connectivity index (χ3v) is 22.5. The van der Waals surface area contributed by atoms with Gasteiger partial charge < -0.3 is 128 Å². The van der Waals surface area contributed by atoms with Crippen molar-refractivity contribution in [2.24, 2.45) is 35.0 Å². The number of aliphatic hydroxyl groups excluding tert-OH is 1. The molecule has 1 unspecified atom stereocenters. The molecule has 0 aromatic heterocycles. The zero-order valence-electron chi connectivity index (χ0n) is 85.3. The molecule has 139 heavy (non-hydrogen) atoms. The molecule has 0 spiro atoms. The highest BCUT2D eigenvalue weighted by atomic mass is 16.3. The van der Waals surface area contributed by atoms with Gasteiger partial charge in [0, 0.05) is 32.7 Å².